The average molecular weight is 235 g/mol. The lowest BCUT2D eigenvalue weighted by Crippen LogP contribution is -2.16. The standard InChI is InChI=1S/C15H25NO/c1-5-6-10-15(16-4)13-8-7-9-14(11-13)17-12(2)3/h7-9,11-12,15-16H,5-6,10H2,1-4H3. The highest BCUT2D eigenvalue weighted by atomic mass is 16.5. The van der Waals surface area contributed by atoms with Crippen LogP contribution in [0.1, 0.15) is 51.6 Å². The summed E-state index contributed by atoms with van der Waals surface area (Å²) in [7, 11) is 2.02. The predicted octanol–water partition coefficient (Wildman–Crippen LogP) is 3.92. The van der Waals surface area contributed by atoms with Crippen LogP contribution < -0.4 is 10.1 Å². The Kier molecular flexibility index (Phi) is 6.06. The van der Waals surface area contributed by atoms with Gasteiger partial charge >= 0.3 is 0 Å². The molecule has 0 saturated heterocycles. The van der Waals surface area contributed by atoms with E-state index in [0.717, 1.165) is 5.75 Å². The Morgan fingerprint density at radius 3 is 2.65 bits per heavy atom. The molecule has 0 saturated carbocycles. The van der Waals surface area contributed by atoms with Gasteiger partial charge in [-0.05, 0) is 45.0 Å². The smallest absolute Gasteiger partial charge is 0.120 e. The van der Waals surface area contributed by atoms with Gasteiger partial charge in [0.2, 0.25) is 0 Å². The van der Waals surface area contributed by atoms with E-state index < -0.39 is 0 Å². The van der Waals surface area contributed by atoms with Crippen molar-refractivity contribution in [2.24, 2.45) is 0 Å². The Balaban J connectivity index is 2.73. The molecular weight excluding hydrogens is 210 g/mol. The summed E-state index contributed by atoms with van der Waals surface area (Å²) in [5.41, 5.74) is 1.32. The molecule has 0 amide bonds. The molecule has 0 bridgehead atoms. The highest BCUT2D eigenvalue weighted by Gasteiger charge is 2.09. The van der Waals surface area contributed by atoms with E-state index in [9.17, 15) is 0 Å². The number of rotatable bonds is 7. The number of hydrogen-bond donors (Lipinski definition) is 1. The summed E-state index contributed by atoms with van der Waals surface area (Å²) in [6, 6.07) is 8.85. The van der Waals surface area contributed by atoms with Crippen LogP contribution in [0.3, 0.4) is 0 Å². The second kappa shape index (κ2) is 7.33. The van der Waals surface area contributed by atoms with Crippen LogP contribution in [0.15, 0.2) is 24.3 Å². The zero-order valence-corrected chi connectivity index (χ0v) is 11.5. The van der Waals surface area contributed by atoms with Gasteiger partial charge in [-0.25, -0.2) is 0 Å². The van der Waals surface area contributed by atoms with Crippen molar-refractivity contribution in [3.8, 4) is 5.75 Å². The fourth-order valence-corrected chi connectivity index (χ4v) is 1.96. The molecule has 17 heavy (non-hydrogen) atoms. The molecule has 0 aromatic heterocycles. The van der Waals surface area contributed by atoms with E-state index in [-0.39, 0.29) is 6.10 Å². The van der Waals surface area contributed by atoms with Gasteiger partial charge in [0, 0.05) is 6.04 Å². The van der Waals surface area contributed by atoms with Crippen LogP contribution in [0, 0.1) is 0 Å². The van der Waals surface area contributed by atoms with Crippen molar-refractivity contribution in [2.45, 2.75) is 52.2 Å². The van der Waals surface area contributed by atoms with E-state index in [2.05, 4.69) is 44.3 Å². The second-order valence-electron chi connectivity index (χ2n) is 4.72. The highest BCUT2D eigenvalue weighted by Crippen LogP contribution is 2.23. The van der Waals surface area contributed by atoms with Gasteiger partial charge in [-0.1, -0.05) is 31.9 Å². The molecule has 0 aliphatic heterocycles. The summed E-state index contributed by atoms with van der Waals surface area (Å²) in [4.78, 5) is 0. The number of unbranched alkanes of at least 4 members (excludes halogenated alkanes) is 1. The fraction of sp³-hybridized carbons (Fsp3) is 0.600. The van der Waals surface area contributed by atoms with Crippen molar-refractivity contribution in [1.82, 2.24) is 5.32 Å². The summed E-state index contributed by atoms with van der Waals surface area (Å²) >= 11 is 0. The molecule has 1 rings (SSSR count). The minimum Gasteiger partial charge on any atom is -0.491 e. The van der Waals surface area contributed by atoms with Gasteiger partial charge in [0.15, 0.2) is 0 Å². The lowest BCUT2D eigenvalue weighted by Gasteiger charge is -2.18. The van der Waals surface area contributed by atoms with E-state index in [1.807, 2.05) is 13.1 Å². The average Bonchev–Trinajstić information content (AvgIpc) is 2.30. The molecule has 1 unspecified atom stereocenters. The van der Waals surface area contributed by atoms with E-state index in [0.29, 0.717) is 6.04 Å². The number of ether oxygens (including phenoxy) is 1. The third-order valence-corrected chi connectivity index (χ3v) is 2.83. The molecule has 1 aromatic carbocycles. The molecule has 0 aliphatic rings. The zero-order chi connectivity index (χ0) is 12.7. The summed E-state index contributed by atoms with van der Waals surface area (Å²) in [6.07, 6.45) is 3.90. The number of nitrogens with one attached hydrogen (secondary N) is 1. The van der Waals surface area contributed by atoms with Gasteiger partial charge < -0.3 is 10.1 Å². The molecule has 0 aliphatic carbocycles. The Morgan fingerprint density at radius 2 is 2.06 bits per heavy atom. The van der Waals surface area contributed by atoms with Gasteiger partial charge in [0.25, 0.3) is 0 Å². The van der Waals surface area contributed by atoms with Crippen molar-refractivity contribution in [2.75, 3.05) is 7.05 Å². The summed E-state index contributed by atoms with van der Waals surface area (Å²) in [5, 5.41) is 3.38. The molecular formula is C15H25NO. The van der Waals surface area contributed by atoms with Crippen LogP contribution in [-0.4, -0.2) is 13.2 Å². The van der Waals surface area contributed by atoms with Crippen LogP contribution >= 0.6 is 0 Å². The Labute approximate surface area is 105 Å². The molecule has 2 heteroatoms. The van der Waals surface area contributed by atoms with Crippen molar-refractivity contribution in [3.05, 3.63) is 29.8 Å². The molecule has 0 heterocycles. The van der Waals surface area contributed by atoms with Crippen LogP contribution in [0.5, 0.6) is 5.75 Å². The van der Waals surface area contributed by atoms with E-state index in [1.54, 1.807) is 0 Å². The Bertz CT molecular complexity index is 322. The van der Waals surface area contributed by atoms with Crippen LogP contribution in [0.25, 0.3) is 0 Å². The van der Waals surface area contributed by atoms with Gasteiger partial charge in [-0.3, -0.25) is 0 Å². The van der Waals surface area contributed by atoms with Gasteiger partial charge in [-0.15, -0.1) is 0 Å². The van der Waals surface area contributed by atoms with Crippen molar-refractivity contribution >= 4 is 0 Å². The van der Waals surface area contributed by atoms with Crippen LogP contribution in [0.2, 0.25) is 0 Å². The lowest BCUT2D eigenvalue weighted by atomic mass is 10.0. The third-order valence-electron chi connectivity index (χ3n) is 2.83. The normalized spacial score (nSPS) is 12.8. The summed E-state index contributed by atoms with van der Waals surface area (Å²) < 4.78 is 5.73. The maximum atomic E-state index is 5.73. The van der Waals surface area contributed by atoms with Crippen molar-refractivity contribution < 1.29 is 4.74 Å². The maximum Gasteiger partial charge on any atom is 0.120 e. The quantitative estimate of drug-likeness (QED) is 0.773. The van der Waals surface area contributed by atoms with Crippen molar-refractivity contribution in [1.29, 1.82) is 0 Å². The molecule has 96 valence electrons. The first kappa shape index (κ1) is 14.0. The SMILES string of the molecule is CCCCC(NC)c1cccc(OC(C)C)c1. The monoisotopic (exact) mass is 235 g/mol. The largest absolute Gasteiger partial charge is 0.491 e. The van der Waals surface area contributed by atoms with Crippen LogP contribution in [0.4, 0.5) is 0 Å². The molecule has 1 aromatic rings. The fourth-order valence-electron chi connectivity index (χ4n) is 1.96. The molecule has 2 nitrogen and oxygen atoms in total. The molecule has 1 N–H and O–H groups in total. The van der Waals surface area contributed by atoms with Gasteiger partial charge in [0.1, 0.15) is 5.75 Å². The zero-order valence-electron chi connectivity index (χ0n) is 11.5. The van der Waals surface area contributed by atoms with Crippen molar-refractivity contribution in [3.63, 3.8) is 0 Å². The Morgan fingerprint density at radius 1 is 1.29 bits per heavy atom. The van der Waals surface area contributed by atoms with Crippen LogP contribution in [-0.2, 0) is 0 Å². The first-order valence-electron chi connectivity index (χ1n) is 6.61. The number of hydrogen-bond acceptors (Lipinski definition) is 2. The van der Waals surface area contributed by atoms with Gasteiger partial charge in [-0.2, -0.15) is 0 Å². The minimum atomic E-state index is 0.230. The lowest BCUT2D eigenvalue weighted by molar-refractivity contribution is 0.242. The number of benzene rings is 1. The second-order valence-corrected chi connectivity index (χ2v) is 4.72. The topological polar surface area (TPSA) is 21.3 Å². The Hall–Kier alpha value is -1.02. The summed E-state index contributed by atoms with van der Waals surface area (Å²) in [6.45, 7) is 6.34. The minimum absolute atomic E-state index is 0.230. The third kappa shape index (κ3) is 4.78. The maximum absolute atomic E-state index is 5.73. The first-order valence-corrected chi connectivity index (χ1v) is 6.61. The van der Waals surface area contributed by atoms with Gasteiger partial charge in [0.05, 0.1) is 6.10 Å². The molecule has 0 spiro atoms. The first-order chi connectivity index (χ1) is 8.17. The predicted molar refractivity (Wildman–Crippen MR) is 73.5 cm³/mol. The van der Waals surface area contributed by atoms with E-state index in [1.165, 1.54) is 24.8 Å². The molecule has 1 atom stereocenters. The molecule has 0 fully saturated rings. The van der Waals surface area contributed by atoms with E-state index >= 15 is 0 Å². The highest BCUT2D eigenvalue weighted by molar-refractivity contribution is 5.30. The molecule has 0 radical (unpaired) electrons. The van der Waals surface area contributed by atoms with E-state index in [4.69, 9.17) is 4.74 Å². The summed E-state index contributed by atoms with van der Waals surface area (Å²) in [5.74, 6) is 0.967.